The van der Waals surface area contributed by atoms with Crippen LogP contribution in [-0.4, -0.2) is 83.3 Å². The van der Waals surface area contributed by atoms with Gasteiger partial charge in [-0.2, -0.15) is 0 Å². The largest absolute Gasteiger partial charge is 0.339 e. The van der Waals surface area contributed by atoms with Gasteiger partial charge in [-0.05, 0) is 43.7 Å². The van der Waals surface area contributed by atoms with E-state index in [1.54, 1.807) is 11.8 Å². The van der Waals surface area contributed by atoms with Crippen molar-refractivity contribution in [2.75, 3.05) is 44.6 Å². The third kappa shape index (κ3) is 4.48. The van der Waals surface area contributed by atoms with Gasteiger partial charge in [0.15, 0.2) is 0 Å². The maximum Gasteiger partial charge on any atom is 0.325 e. The van der Waals surface area contributed by atoms with Crippen molar-refractivity contribution in [1.29, 1.82) is 0 Å². The van der Waals surface area contributed by atoms with Crippen molar-refractivity contribution in [3.63, 3.8) is 0 Å². The Morgan fingerprint density at radius 1 is 1.09 bits per heavy atom. The summed E-state index contributed by atoms with van der Waals surface area (Å²) in [5.41, 5.74) is 1.05. The molecule has 1 unspecified atom stereocenters. The molecule has 3 fully saturated rings. The molecule has 9 nitrogen and oxygen atoms in total. The molecule has 1 aromatic rings. The minimum absolute atomic E-state index is 0.0793. The molecule has 4 rings (SSSR count). The maximum atomic E-state index is 12.7. The van der Waals surface area contributed by atoms with Gasteiger partial charge in [0.25, 0.3) is 5.91 Å². The molecule has 172 valence electrons. The van der Waals surface area contributed by atoms with Gasteiger partial charge in [-0.3, -0.25) is 24.2 Å². The van der Waals surface area contributed by atoms with Gasteiger partial charge < -0.3 is 15.5 Å². The van der Waals surface area contributed by atoms with Crippen LogP contribution in [0.25, 0.3) is 0 Å². The van der Waals surface area contributed by atoms with Crippen molar-refractivity contribution in [2.45, 2.75) is 38.6 Å². The Labute approximate surface area is 188 Å². The van der Waals surface area contributed by atoms with Gasteiger partial charge >= 0.3 is 6.03 Å². The average Bonchev–Trinajstić information content (AvgIpc) is 3.60. The van der Waals surface area contributed by atoms with E-state index in [1.807, 2.05) is 36.1 Å². The molecule has 2 N–H and O–H groups in total. The molecule has 2 saturated heterocycles. The van der Waals surface area contributed by atoms with E-state index in [0.717, 1.165) is 35.4 Å². The number of hydrogen-bond donors (Lipinski definition) is 2. The lowest BCUT2D eigenvalue weighted by Crippen LogP contribution is -2.53. The van der Waals surface area contributed by atoms with Crippen LogP contribution in [0.3, 0.4) is 0 Å². The van der Waals surface area contributed by atoms with Gasteiger partial charge in [0.2, 0.25) is 11.8 Å². The first kappa shape index (κ1) is 22.3. The normalized spacial score (nSPS) is 23.9. The Morgan fingerprint density at radius 3 is 2.44 bits per heavy atom. The summed E-state index contributed by atoms with van der Waals surface area (Å²) in [6, 6.07) is 7.27. The van der Waals surface area contributed by atoms with E-state index in [0.29, 0.717) is 26.2 Å². The fourth-order valence-corrected chi connectivity index (χ4v) is 4.53. The molecule has 0 spiro atoms. The molecule has 3 aliphatic rings. The molecule has 9 heteroatoms. The lowest BCUT2D eigenvalue weighted by Gasteiger charge is -2.35. The summed E-state index contributed by atoms with van der Waals surface area (Å²) in [6.45, 7) is 5.87. The third-order valence-electron chi connectivity index (χ3n) is 6.75. The summed E-state index contributed by atoms with van der Waals surface area (Å²) in [5, 5.41) is 5.74. The van der Waals surface area contributed by atoms with Gasteiger partial charge in [0.1, 0.15) is 12.1 Å². The molecule has 2 heterocycles. The molecule has 1 aromatic carbocycles. The second-order valence-corrected chi connectivity index (χ2v) is 9.01. The predicted molar refractivity (Wildman–Crippen MR) is 119 cm³/mol. The van der Waals surface area contributed by atoms with E-state index < -0.39 is 11.6 Å². The van der Waals surface area contributed by atoms with Crippen molar-refractivity contribution < 1.29 is 19.2 Å². The highest BCUT2D eigenvalue weighted by molar-refractivity contribution is 6.09. The highest BCUT2D eigenvalue weighted by atomic mass is 16.2. The Hall–Kier alpha value is -2.94. The number of rotatable bonds is 7. The Balaban J connectivity index is 1.25. The van der Waals surface area contributed by atoms with E-state index in [4.69, 9.17) is 0 Å². The van der Waals surface area contributed by atoms with Crippen molar-refractivity contribution in [3.8, 4) is 0 Å². The van der Waals surface area contributed by atoms with Gasteiger partial charge in [-0.1, -0.05) is 25.1 Å². The number of nitrogens with one attached hydrogen (secondary N) is 2. The van der Waals surface area contributed by atoms with Gasteiger partial charge in [-0.25, -0.2) is 4.79 Å². The lowest BCUT2D eigenvalue weighted by atomic mass is 9.96. The van der Waals surface area contributed by atoms with E-state index in [9.17, 15) is 19.2 Å². The fourth-order valence-electron chi connectivity index (χ4n) is 4.53. The fraction of sp³-hybridized carbons (Fsp3) is 0.565. The van der Waals surface area contributed by atoms with Gasteiger partial charge in [0.05, 0.1) is 6.54 Å². The molecular weight excluding hydrogens is 410 g/mol. The first-order valence-corrected chi connectivity index (χ1v) is 11.3. The molecular formula is C23H31N5O4. The monoisotopic (exact) mass is 441 g/mol. The summed E-state index contributed by atoms with van der Waals surface area (Å²) in [6.07, 6.45) is 2.68. The Bertz CT molecular complexity index is 923. The predicted octanol–water partition coefficient (Wildman–Crippen LogP) is 1.05. The molecule has 1 saturated carbocycles. The number of amides is 5. The molecule has 1 atom stereocenters. The Morgan fingerprint density at radius 2 is 1.78 bits per heavy atom. The molecule has 0 bridgehead atoms. The lowest BCUT2D eigenvalue weighted by molar-refractivity contribution is -0.140. The zero-order valence-electron chi connectivity index (χ0n) is 18.7. The second-order valence-electron chi connectivity index (χ2n) is 9.01. The van der Waals surface area contributed by atoms with Crippen molar-refractivity contribution in [1.82, 2.24) is 20.0 Å². The number of aryl methyl sites for hydroxylation is 1. The van der Waals surface area contributed by atoms with E-state index >= 15 is 0 Å². The van der Waals surface area contributed by atoms with E-state index in [1.165, 1.54) is 0 Å². The van der Waals surface area contributed by atoms with Crippen LogP contribution in [0, 0.1) is 5.92 Å². The van der Waals surface area contributed by atoms with Crippen LogP contribution < -0.4 is 10.6 Å². The number of benzene rings is 1. The number of hydrogen-bond acceptors (Lipinski definition) is 5. The van der Waals surface area contributed by atoms with Gasteiger partial charge in [-0.15, -0.1) is 0 Å². The number of carbonyl (C=O) groups is 4. The summed E-state index contributed by atoms with van der Waals surface area (Å²) in [7, 11) is 0. The minimum atomic E-state index is -0.875. The number of urea groups is 1. The summed E-state index contributed by atoms with van der Waals surface area (Å²) >= 11 is 0. The minimum Gasteiger partial charge on any atom is -0.339 e. The molecule has 5 amide bonds. The van der Waals surface area contributed by atoms with Crippen LogP contribution >= 0.6 is 0 Å². The standard InChI is InChI=1S/C23H31N5O4/c1-3-16-6-4-5-7-18(16)24-19(29)14-26-10-12-27(13-11-26)20(30)15-28-21(31)23(2,17-8-9-17)25-22(28)32/h4-7,17H,3,8-15H2,1-2H3,(H,24,29)(H,25,32). The smallest absolute Gasteiger partial charge is 0.325 e. The zero-order valence-corrected chi connectivity index (χ0v) is 18.7. The van der Waals surface area contributed by atoms with Crippen LogP contribution in [0.4, 0.5) is 10.5 Å². The first-order chi connectivity index (χ1) is 15.3. The summed E-state index contributed by atoms with van der Waals surface area (Å²) in [5.74, 6) is -0.460. The van der Waals surface area contributed by atoms with Crippen molar-refractivity contribution >= 4 is 29.4 Å². The molecule has 2 aliphatic heterocycles. The van der Waals surface area contributed by atoms with Crippen molar-refractivity contribution in [2.24, 2.45) is 5.92 Å². The zero-order chi connectivity index (χ0) is 22.9. The highest BCUT2D eigenvalue weighted by Crippen LogP contribution is 2.42. The SMILES string of the molecule is CCc1ccccc1NC(=O)CN1CCN(C(=O)CN2C(=O)NC(C)(C3CC3)C2=O)CC1. The molecule has 0 radical (unpaired) electrons. The van der Waals surface area contributed by atoms with E-state index in [-0.39, 0.29) is 36.7 Å². The van der Waals surface area contributed by atoms with Crippen LogP contribution in [0.5, 0.6) is 0 Å². The number of piperazine rings is 1. The summed E-state index contributed by atoms with van der Waals surface area (Å²) < 4.78 is 0. The third-order valence-corrected chi connectivity index (χ3v) is 6.75. The number of imide groups is 1. The van der Waals surface area contributed by atoms with Crippen LogP contribution in [0.15, 0.2) is 24.3 Å². The van der Waals surface area contributed by atoms with Crippen LogP contribution in [0.1, 0.15) is 32.3 Å². The number of nitrogens with zero attached hydrogens (tertiary/aromatic N) is 3. The van der Waals surface area contributed by atoms with E-state index in [2.05, 4.69) is 10.6 Å². The van der Waals surface area contributed by atoms with Gasteiger partial charge in [0, 0.05) is 31.9 Å². The first-order valence-electron chi connectivity index (χ1n) is 11.3. The Kier molecular flexibility index (Phi) is 6.19. The number of carbonyl (C=O) groups excluding carboxylic acids is 4. The molecule has 0 aromatic heterocycles. The summed E-state index contributed by atoms with van der Waals surface area (Å²) in [4.78, 5) is 54.9. The maximum absolute atomic E-state index is 12.7. The quantitative estimate of drug-likeness (QED) is 0.616. The molecule has 32 heavy (non-hydrogen) atoms. The van der Waals surface area contributed by atoms with Crippen LogP contribution in [0.2, 0.25) is 0 Å². The second kappa shape index (κ2) is 8.90. The average molecular weight is 442 g/mol. The molecule has 1 aliphatic carbocycles. The van der Waals surface area contributed by atoms with Crippen molar-refractivity contribution in [3.05, 3.63) is 29.8 Å². The highest BCUT2D eigenvalue weighted by Gasteiger charge is 2.56. The topological polar surface area (TPSA) is 102 Å². The number of para-hydroxylation sites is 1. The van der Waals surface area contributed by atoms with Crippen LogP contribution in [-0.2, 0) is 20.8 Å². The number of anilines is 1.